The summed E-state index contributed by atoms with van der Waals surface area (Å²) in [7, 11) is -2.74. The first-order valence-electron chi connectivity index (χ1n) is 3.82. The van der Waals surface area contributed by atoms with Crippen molar-refractivity contribution in [2.75, 3.05) is 0 Å². The van der Waals surface area contributed by atoms with Gasteiger partial charge in [0, 0.05) is 6.92 Å². The Kier molecular flexibility index (Phi) is 3.70. The summed E-state index contributed by atoms with van der Waals surface area (Å²) in [6.45, 7) is 1.03. The summed E-state index contributed by atoms with van der Waals surface area (Å²) in [6.07, 6.45) is -1.69. The second-order valence-corrected chi connectivity index (χ2v) is 3.38. The summed E-state index contributed by atoms with van der Waals surface area (Å²) < 4.78 is 4.38. The second kappa shape index (κ2) is 4.63. The number of carbonyl (C=O) groups excluding carboxylic acids is 3. The van der Waals surface area contributed by atoms with Crippen LogP contribution in [0, 0.1) is 0 Å². The summed E-state index contributed by atoms with van der Waals surface area (Å²) >= 11 is 0. The summed E-state index contributed by atoms with van der Waals surface area (Å²) in [5.41, 5.74) is 0. The maximum Gasteiger partial charge on any atom is 0.330 e. The lowest BCUT2D eigenvalue weighted by molar-refractivity contribution is -0.197. The highest BCUT2D eigenvalue weighted by Crippen LogP contribution is 2.31. The van der Waals surface area contributed by atoms with Gasteiger partial charge < -0.3 is 14.6 Å². The molecule has 1 aliphatic rings. The predicted molar refractivity (Wildman–Crippen MR) is 44.5 cm³/mol. The molecular formula is C6H8NO7P. The van der Waals surface area contributed by atoms with Gasteiger partial charge in [-0.15, -0.1) is 0 Å². The number of imide groups is 1. The van der Waals surface area contributed by atoms with Crippen LogP contribution in [0.4, 0.5) is 0 Å². The van der Waals surface area contributed by atoms with Crippen LogP contribution < -0.4 is 0 Å². The minimum Gasteiger partial charge on any atom is -0.331 e. The zero-order chi connectivity index (χ0) is 11.6. The van der Waals surface area contributed by atoms with Gasteiger partial charge in [-0.25, -0.2) is 4.79 Å². The molecule has 1 rings (SSSR count). The van der Waals surface area contributed by atoms with Gasteiger partial charge in [-0.1, -0.05) is 5.06 Å². The zero-order valence-corrected chi connectivity index (χ0v) is 8.51. The molecule has 1 unspecified atom stereocenters. The molecule has 0 aromatic carbocycles. The molecule has 8 nitrogen and oxygen atoms in total. The summed E-state index contributed by atoms with van der Waals surface area (Å²) in [5, 5.41) is 0.256. The standard InChI is InChI=1S/C6H8NO7P/c1-3(8)13-7-5(9)2-4(6(7)10)14-15(11)12/h4,11-12H,2H2,1H3. The van der Waals surface area contributed by atoms with Crippen molar-refractivity contribution in [2.24, 2.45) is 0 Å². The van der Waals surface area contributed by atoms with Gasteiger partial charge in [-0.05, 0) is 0 Å². The Morgan fingerprint density at radius 1 is 1.53 bits per heavy atom. The number of rotatable bonds is 3. The van der Waals surface area contributed by atoms with E-state index in [0.717, 1.165) is 6.92 Å². The lowest BCUT2D eigenvalue weighted by Gasteiger charge is -2.12. The largest absolute Gasteiger partial charge is 0.331 e. The molecule has 2 amide bonds. The van der Waals surface area contributed by atoms with Crippen molar-refractivity contribution >= 4 is 26.4 Å². The van der Waals surface area contributed by atoms with Crippen molar-refractivity contribution in [1.29, 1.82) is 0 Å². The Hall–Kier alpha value is -1.08. The highest BCUT2D eigenvalue weighted by Gasteiger charge is 2.43. The fourth-order valence-electron chi connectivity index (χ4n) is 1.00. The molecule has 84 valence electrons. The fraction of sp³-hybridized carbons (Fsp3) is 0.500. The zero-order valence-electron chi connectivity index (χ0n) is 7.61. The molecule has 1 fully saturated rings. The van der Waals surface area contributed by atoms with Gasteiger partial charge in [0.25, 0.3) is 11.8 Å². The first-order chi connectivity index (χ1) is 6.91. The van der Waals surface area contributed by atoms with Crippen LogP contribution in [-0.2, 0) is 23.7 Å². The van der Waals surface area contributed by atoms with Gasteiger partial charge in [-0.2, -0.15) is 0 Å². The van der Waals surface area contributed by atoms with E-state index in [9.17, 15) is 14.4 Å². The molecule has 0 aromatic heterocycles. The van der Waals surface area contributed by atoms with E-state index < -0.39 is 32.5 Å². The molecule has 1 aliphatic heterocycles. The van der Waals surface area contributed by atoms with Crippen molar-refractivity contribution in [2.45, 2.75) is 19.4 Å². The van der Waals surface area contributed by atoms with E-state index in [1.54, 1.807) is 0 Å². The molecule has 9 heteroatoms. The van der Waals surface area contributed by atoms with Crippen LogP contribution in [0.5, 0.6) is 0 Å². The molecule has 0 aliphatic carbocycles. The Morgan fingerprint density at radius 2 is 2.13 bits per heavy atom. The Morgan fingerprint density at radius 3 is 2.60 bits per heavy atom. The molecular weight excluding hydrogens is 229 g/mol. The van der Waals surface area contributed by atoms with Gasteiger partial charge in [0.1, 0.15) is 0 Å². The number of hydrogen-bond acceptors (Lipinski definition) is 7. The molecule has 0 saturated carbocycles. The van der Waals surface area contributed by atoms with Crippen LogP contribution in [-0.4, -0.2) is 38.7 Å². The van der Waals surface area contributed by atoms with Gasteiger partial charge in [0.15, 0.2) is 6.10 Å². The maximum absolute atomic E-state index is 11.3. The van der Waals surface area contributed by atoms with E-state index in [4.69, 9.17) is 9.79 Å². The summed E-state index contributed by atoms with van der Waals surface area (Å²) in [5.74, 6) is -2.52. The number of amides is 2. The van der Waals surface area contributed by atoms with Crippen LogP contribution in [0.25, 0.3) is 0 Å². The summed E-state index contributed by atoms with van der Waals surface area (Å²) in [4.78, 5) is 54.2. The highest BCUT2D eigenvalue weighted by molar-refractivity contribution is 7.39. The number of carbonyl (C=O) groups is 3. The fourth-order valence-corrected chi connectivity index (χ4v) is 1.40. The van der Waals surface area contributed by atoms with E-state index in [2.05, 4.69) is 9.36 Å². The van der Waals surface area contributed by atoms with E-state index in [1.165, 1.54) is 0 Å². The van der Waals surface area contributed by atoms with Gasteiger partial charge in [0.2, 0.25) is 0 Å². The van der Waals surface area contributed by atoms with Crippen LogP contribution >= 0.6 is 8.60 Å². The molecule has 1 heterocycles. The van der Waals surface area contributed by atoms with Crippen LogP contribution in [0.2, 0.25) is 0 Å². The minimum atomic E-state index is -2.74. The second-order valence-electron chi connectivity index (χ2n) is 2.66. The lowest BCUT2D eigenvalue weighted by atomic mass is 10.3. The third-order valence-electron chi connectivity index (χ3n) is 1.50. The number of nitrogens with zero attached hydrogens (tertiary/aromatic N) is 1. The molecule has 0 radical (unpaired) electrons. The first kappa shape index (κ1) is 12.0. The molecule has 0 bridgehead atoms. The van der Waals surface area contributed by atoms with Crippen LogP contribution in [0.1, 0.15) is 13.3 Å². The van der Waals surface area contributed by atoms with Crippen molar-refractivity contribution in [3.63, 3.8) is 0 Å². The highest BCUT2D eigenvalue weighted by atomic mass is 31.2. The third-order valence-corrected chi connectivity index (χ3v) is 1.95. The SMILES string of the molecule is CC(=O)ON1C(=O)CC(OP(O)O)C1=O. The van der Waals surface area contributed by atoms with E-state index in [-0.39, 0.29) is 11.5 Å². The lowest BCUT2D eigenvalue weighted by Crippen LogP contribution is -2.34. The Balaban J connectivity index is 2.66. The van der Waals surface area contributed by atoms with Gasteiger partial charge in [-0.3, -0.25) is 14.1 Å². The van der Waals surface area contributed by atoms with E-state index in [1.807, 2.05) is 0 Å². The minimum absolute atomic E-state index is 0.256. The average Bonchev–Trinajstić information content (AvgIpc) is 2.31. The van der Waals surface area contributed by atoms with Crippen LogP contribution in [0.3, 0.4) is 0 Å². The molecule has 0 aromatic rings. The molecule has 0 spiro atoms. The Bertz CT molecular complexity index is 304. The predicted octanol–water partition coefficient (Wildman–Crippen LogP) is -1.18. The molecule has 15 heavy (non-hydrogen) atoms. The van der Waals surface area contributed by atoms with Crippen molar-refractivity contribution in [3.05, 3.63) is 0 Å². The molecule has 1 saturated heterocycles. The quantitative estimate of drug-likeness (QED) is 0.469. The van der Waals surface area contributed by atoms with E-state index >= 15 is 0 Å². The molecule has 2 N–H and O–H groups in total. The average molecular weight is 237 g/mol. The summed E-state index contributed by atoms with van der Waals surface area (Å²) in [6, 6.07) is 0. The van der Waals surface area contributed by atoms with E-state index in [0.29, 0.717) is 0 Å². The molecule has 1 atom stereocenters. The van der Waals surface area contributed by atoms with Gasteiger partial charge >= 0.3 is 14.6 Å². The van der Waals surface area contributed by atoms with Crippen LogP contribution in [0.15, 0.2) is 0 Å². The smallest absolute Gasteiger partial charge is 0.330 e. The normalized spacial score (nSPS) is 21.3. The number of hydrogen-bond donors (Lipinski definition) is 2. The topological polar surface area (TPSA) is 113 Å². The number of hydroxylamine groups is 2. The monoisotopic (exact) mass is 237 g/mol. The van der Waals surface area contributed by atoms with Crippen molar-refractivity contribution in [3.8, 4) is 0 Å². The van der Waals surface area contributed by atoms with Gasteiger partial charge in [0.05, 0.1) is 6.42 Å². The third kappa shape index (κ3) is 2.93. The van der Waals surface area contributed by atoms with Crippen molar-refractivity contribution in [1.82, 2.24) is 5.06 Å². The Labute approximate surface area is 85.3 Å². The first-order valence-corrected chi connectivity index (χ1v) is 4.98. The maximum atomic E-state index is 11.3. The van der Waals surface area contributed by atoms with Crippen molar-refractivity contribution < 1.29 is 33.5 Å².